The van der Waals surface area contributed by atoms with Crippen LogP contribution in [0.5, 0.6) is 0 Å². The van der Waals surface area contributed by atoms with Crippen LogP contribution >= 0.6 is 0 Å². The zero-order chi connectivity index (χ0) is 8.97. The molecule has 0 aromatic heterocycles. The minimum atomic E-state index is -0.699. The van der Waals surface area contributed by atoms with Gasteiger partial charge in [0.05, 0.1) is 0 Å². The van der Waals surface area contributed by atoms with E-state index in [0.29, 0.717) is 6.04 Å². The van der Waals surface area contributed by atoms with Gasteiger partial charge >= 0.3 is 5.97 Å². The van der Waals surface area contributed by atoms with Crippen molar-refractivity contribution in [2.45, 2.75) is 44.6 Å². The fourth-order valence-corrected chi connectivity index (χ4v) is 1.42. The monoisotopic (exact) mass is 171 g/mol. The fraction of sp³-hybridized carbons (Fsp3) is 0.889. The highest BCUT2D eigenvalue weighted by molar-refractivity contribution is 5.66. The highest BCUT2D eigenvalue weighted by Gasteiger charge is 2.27. The molecule has 3 nitrogen and oxygen atoms in total. The van der Waals surface area contributed by atoms with E-state index in [4.69, 9.17) is 10.8 Å². The van der Waals surface area contributed by atoms with E-state index in [0.717, 1.165) is 25.2 Å². The van der Waals surface area contributed by atoms with Gasteiger partial charge in [0.1, 0.15) is 0 Å². The van der Waals surface area contributed by atoms with Crippen LogP contribution in [-0.4, -0.2) is 17.1 Å². The van der Waals surface area contributed by atoms with Crippen molar-refractivity contribution < 1.29 is 9.90 Å². The van der Waals surface area contributed by atoms with Crippen LogP contribution in [0.3, 0.4) is 0 Å². The van der Waals surface area contributed by atoms with E-state index in [1.165, 1.54) is 12.8 Å². The first-order valence-electron chi connectivity index (χ1n) is 4.67. The Kier molecular flexibility index (Phi) is 3.53. The van der Waals surface area contributed by atoms with Gasteiger partial charge in [0, 0.05) is 12.5 Å². The second kappa shape index (κ2) is 4.45. The molecule has 0 heterocycles. The first kappa shape index (κ1) is 9.52. The topological polar surface area (TPSA) is 63.3 Å². The Morgan fingerprint density at radius 3 is 2.67 bits per heavy atom. The van der Waals surface area contributed by atoms with Crippen LogP contribution in [0.15, 0.2) is 0 Å². The van der Waals surface area contributed by atoms with Gasteiger partial charge in [-0.25, -0.2) is 0 Å². The van der Waals surface area contributed by atoms with Crippen molar-refractivity contribution in [2.24, 2.45) is 11.7 Å². The normalized spacial score (nSPS) is 19.1. The highest BCUT2D eigenvalue weighted by Crippen LogP contribution is 2.33. The Balaban J connectivity index is 1.90. The molecule has 70 valence electrons. The summed E-state index contributed by atoms with van der Waals surface area (Å²) < 4.78 is 0. The molecule has 0 aromatic rings. The van der Waals surface area contributed by atoms with Crippen molar-refractivity contribution in [3.05, 3.63) is 0 Å². The molecule has 0 radical (unpaired) electrons. The zero-order valence-corrected chi connectivity index (χ0v) is 7.33. The predicted octanol–water partition coefficient (Wildman–Crippen LogP) is 1.37. The minimum Gasteiger partial charge on any atom is -0.481 e. The third-order valence-corrected chi connectivity index (χ3v) is 2.41. The molecule has 1 unspecified atom stereocenters. The molecule has 12 heavy (non-hydrogen) atoms. The minimum absolute atomic E-state index is 0.289. The summed E-state index contributed by atoms with van der Waals surface area (Å²) in [6.45, 7) is 0. The standard InChI is InChI=1S/C9H17NO2/c10-8(7-5-6-7)3-1-2-4-9(11)12/h7-8H,1-6,10H2,(H,11,12). The van der Waals surface area contributed by atoms with Crippen molar-refractivity contribution in [1.29, 1.82) is 0 Å². The molecule has 3 heteroatoms. The first-order chi connectivity index (χ1) is 5.70. The van der Waals surface area contributed by atoms with Crippen molar-refractivity contribution in [3.63, 3.8) is 0 Å². The fourth-order valence-electron chi connectivity index (χ4n) is 1.42. The summed E-state index contributed by atoms with van der Waals surface area (Å²) in [7, 11) is 0. The van der Waals surface area contributed by atoms with Crippen molar-refractivity contribution in [2.75, 3.05) is 0 Å². The Labute approximate surface area is 72.9 Å². The lowest BCUT2D eigenvalue weighted by Gasteiger charge is -2.08. The van der Waals surface area contributed by atoms with Gasteiger partial charge in [-0.1, -0.05) is 6.42 Å². The molecule has 1 atom stereocenters. The Morgan fingerprint density at radius 2 is 2.17 bits per heavy atom. The molecular weight excluding hydrogens is 154 g/mol. The van der Waals surface area contributed by atoms with E-state index in [1.807, 2.05) is 0 Å². The number of carboxylic acid groups (broad SMARTS) is 1. The van der Waals surface area contributed by atoms with Crippen molar-refractivity contribution >= 4 is 5.97 Å². The largest absolute Gasteiger partial charge is 0.481 e. The maximum atomic E-state index is 10.2. The molecular formula is C9H17NO2. The predicted molar refractivity (Wildman–Crippen MR) is 46.8 cm³/mol. The lowest BCUT2D eigenvalue weighted by Crippen LogP contribution is -2.21. The van der Waals surface area contributed by atoms with Crippen molar-refractivity contribution in [3.8, 4) is 0 Å². The summed E-state index contributed by atoms with van der Waals surface area (Å²) in [4.78, 5) is 10.2. The third-order valence-electron chi connectivity index (χ3n) is 2.41. The van der Waals surface area contributed by atoms with E-state index < -0.39 is 5.97 Å². The number of hydrogen-bond acceptors (Lipinski definition) is 2. The number of carboxylic acids is 1. The SMILES string of the molecule is NC(CCCCC(=O)O)C1CC1. The molecule has 1 aliphatic rings. The summed E-state index contributed by atoms with van der Waals surface area (Å²) in [5.74, 6) is 0.0461. The van der Waals surface area contributed by atoms with Gasteiger partial charge in [-0.2, -0.15) is 0 Å². The zero-order valence-electron chi connectivity index (χ0n) is 7.33. The van der Waals surface area contributed by atoms with Gasteiger partial charge in [0.2, 0.25) is 0 Å². The molecule has 0 aromatic carbocycles. The van der Waals surface area contributed by atoms with E-state index in [-0.39, 0.29) is 6.42 Å². The Bertz CT molecular complexity index is 155. The van der Waals surface area contributed by atoms with E-state index >= 15 is 0 Å². The van der Waals surface area contributed by atoms with Crippen LogP contribution in [0, 0.1) is 5.92 Å². The van der Waals surface area contributed by atoms with Gasteiger partial charge in [-0.05, 0) is 31.6 Å². The smallest absolute Gasteiger partial charge is 0.303 e. The van der Waals surface area contributed by atoms with E-state index in [1.54, 1.807) is 0 Å². The van der Waals surface area contributed by atoms with Gasteiger partial charge in [-0.15, -0.1) is 0 Å². The highest BCUT2D eigenvalue weighted by atomic mass is 16.4. The number of unbranched alkanes of at least 4 members (excludes halogenated alkanes) is 1. The quantitative estimate of drug-likeness (QED) is 0.593. The number of hydrogen-bond donors (Lipinski definition) is 2. The molecule has 1 fully saturated rings. The number of carbonyl (C=O) groups is 1. The van der Waals surface area contributed by atoms with Gasteiger partial charge in [-0.3, -0.25) is 4.79 Å². The lowest BCUT2D eigenvalue weighted by atomic mass is 10.1. The maximum Gasteiger partial charge on any atom is 0.303 e. The van der Waals surface area contributed by atoms with Crippen LogP contribution in [0.2, 0.25) is 0 Å². The summed E-state index contributed by atoms with van der Waals surface area (Å²) in [6.07, 6.45) is 5.58. The Morgan fingerprint density at radius 1 is 1.50 bits per heavy atom. The summed E-state index contributed by atoms with van der Waals surface area (Å²) in [5.41, 5.74) is 5.85. The first-order valence-corrected chi connectivity index (χ1v) is 4.67. The Hall–Kier alpha value is -0.570. The maximum absolute atomic E-state index is 10.2. The second-order valence-corrected chi connectivity index (χ2v) is 3.64. The van der Waals surface area contributed by atoms with Gasteiger partial charge in [0.25, 0.3) is 0 Å². The molecule has 1 rings (SSSR count). The van der Waals surface area contributed by atoms with Crippen LogP contribution in [0.4, 0.5) is 0 Å². The molecule has 0 bridgehead atoms. The van der Waals surface area contributed by atoms with Gasteiger partial charge < -0.3 is 10.8 Å². The molecule has 0 amide bonds. The number of aliphatic carboxylic acids is 1. The molecule has 3 N–H and O–H groups in total. The van der Waals surface area contributed by atoms with Crippen molar-refractivity contribution in [1.82, 2.24) is 0 Å². The van der Waals surface area contributed by atoms with Crippen LogP contribution in [0.25, 0.3) is 0 Å². The van der Waals surface area contributed by atoms with E-state index in [2.05, 4.69) is 0 Å². The lowest BCUT2D eigenvalue weighted by molar-refractivity contribution is -0.137. The molecule has 0 aliphatic heterocycles. The average Bonchev–Trinajstić information content (AvgIpc) is 2.79. The van der Waals surface area contributed by atoms with Gasteiger partial charge in [0.15, 0.2) is 0 Å². The van der Waals surface area contributed by atoms with E-state index in [9.17, 15) is 4.79 Å². The average molecular weight is 171 g/mol. The third kappa shape index (κ3) is 3.72. The second-order valence-electron chi connectivity index (χ2n) is 3.64. The van der Waals surface area contributed by atoms with Crippen LogP contribution in [0.1, 0.15) is 38.5 Å². The van der Waals surface area contributed by atoms with Crippen LogP contribution in [-0.2, 0) is 4.79 Å². The molecule has 1 aliphatic carbocycles. The number of nitrogens with two attached hydrogens (primary N) is 1. The molecule has 0 saturated heterocycles. The summed E-state index contributed by atoms with van der Waals surface area (Å²) in [6, 6.07) is 0.332. The summed E-state index contributed by atoms with van der Waals surface area (Å²) in [5, 5.41) is 8.37. The summed E-state index contributed by atoms with van der Waals surface area (Å²) >= 11 is 0. The number of rotatable bonds is 6. The molecule has 1 saturated carbocycles. The van der Waals surface area contributed by atoms with Crippen LogP contribution < -0.4 is 5.73 Å². The molecule has 0 spiro atoms.